The molecule has 0 spiro atoms. The van der Waals surface area contributed by atoms with Crippen LogP contribution in [0.15, 0.2) is 18.5 Å². The predicted octanol–water partition coefficient (Wildman–Crippen LogP) is 1.29. The van der Waals surface area contributed by atoms with Gasteiger partial charge in [0.05, 0.1) is 24.1 Å². The van der Waals surface area contributed by atoms with Crippen molar-refractivity contribution in [2.24, 2.45) is 0 Å². The summed E-state index contributed by atoms with van der Waals surface area (Å²) in [5.41, 5.74) is 6.59. The van der Waals surface area contributed by atoms with Crippen molar-refractivity contribution in [3.8, 4) is 0 Å². The van der Waals surface area contributed by atoms with E-state index in [-0.39, 0.29) is 18.6 Å². The van der Waals surface area contributed by atoms with Gasteiger partial charge in [0, 0.05) is 18.8 Å². The van der Waals surface area contributed by atoms with Crippen molar-refractivity contribution < 1.29 is 9.90 Å². The van der Waals surface area contributed by atoms with Crippen molar-refractivity contribution in [1.29, 1.82) is 0 Å². The number of hydrogen-bond donors (Lipinski definition) is 2. The Bertz CT molecular complexity index is 392. The van der Waals surface area contributed by atoms with Crippen molar-refractivity contribution >= 4 is 11.6 Å². The molecule has 0 atom stereocenters. The molecular formula is C13H21N3O2. The van der Waals surface area contributed by atoms with Crippen LogP contribution in [0.5, 0.6) is 0 Å². The number of nitrogens with two attached hydrogens (primary N) is 1. The molecule has 0 aliphatic rings. The summed E-state index contributed by atoms with van der Waals surface area (Å²) in [6.07, 6.45) is 4.73. The highest BCUT2D eigenvalue weighted by atomic mass is 16.3. The van der Waals surface area contributed by atoms with Crippen LogP contribution >= 0.6 is 0 Å². The van der Waals surface area contributed by atoms with Gasteiger partial charge in [-0.25, -0.2) is 0 Å². The molecule has 100 valence electrons. The van der Waals surface area contributed by atoms with E-state index < -0.39 is 0 Å². The number of nitrogen functional groups attached to an aromatic ring is 1. The van der Waals surface area contributed by atoms with Crippen molar-refractivity contribution in [2.45, 2.75) is 32.7 Å². The number of aliphatic hydroxyl groups excluding tert-OH is 1. The van der Waals surface area contributed by atoms with Crippen LogP contribution in [0, 0.1) is 0 Å². The molecule has 0 fully saturated rings. The van der Waals surface area contributed by atoms with Gasteiger partial charge in [0.1, 0.15) is 0 Å². The molecule has 1 rings (SSSR count). The van der Waals surface area contributed by atoms with E-state index >= 15 is 0 Å². The topological polar surface area (TPSA) is 79.5 Å². The molecule has 1 aromatic rings. The Morgan fingerprint density at radius 2 is 2.17 bits per heavy atom. The molecule has 0 bridgehead atoms. The van der Waals surface area contributed by atoms with Crippen molar-refractivity contribution in [2.75, 3.05) is 18.9 Å². The molecule has 0 radical (unpaired) electrons. The van der Waals surface area contributed by atoms with E-state index in [2.05, 4.69) is 4.98 Å². The molecule has 1 aromatic heterocycles. The van der Waals surface area contributed by atoms with Crippen molar-refractivity contribution in [3.63, 3.8) is 0 Å². The molecule has 1 amide bonds. The smallest absolute Gasteiger partial charge is 0.256 e. The second-order valence-electron chi connectivity index (χ2n) is 4.16. The minimum absolute atomic E-state index is 0.0484. The Labute approximate surface area is 108 Å². The Morgan fingerprint density at radius 1 is 1.50 bits per heavy atom. The summed E-state index contributed by atoms with van der Waals surface area (Å²) in [7, 11) is 0. The molecule has 0 aliphatic carbocycles. The summed E-state index contributed by atoms with van der Waals surface area (Å²) in [6, 6.07) is 1.74. The fourth-order valence-electron chi connectivity index (χ4n) is 2.04. The SMILES string of the molecule is CCC(CC)N(CCO)C(=O)c1ccncc1N. The Morgan fingerprint density at radius 3 is 2.67 bits per heavy atom. The quantitative estimate of drug-likeness (QED) is 0.798. The lowest BCUT2D eigenvalue weighted by Gasteiger charge is -2.30. The molecule has 18 heavy (non-hydrogen) atoms. The molecule has 0 saturated heterocycles. The molecule has 1 heterocycles. The van der Waals surface area contributed by atoms with Gasteiger partial charge in [0.2, 0.25) is 0 Å². The van der Waals surface area contributed by atoms with Crippen LogP contribution in [-0.4, -0.2) is 40.1 Å². The Balaban J connectivity index is 2.99. The molecule has 5 heteroatoms. The maximum absolute atomic E-state index is 12.4. The molecule has 3 N–H and O–H groups in total. The van der Waals surface area contributed by atoms with Crippen LogP contribution in [-0.2, 0) is 0 Å². The van der Waals surface area contributed by atoms with Crippen LogP contribution in [0.4, 0.5) is 5.69 Å². The highest BCUT2D eigenvalue weighted by Gasteiger charge is 2.23. The molecule has 0 aromatic carbocycles. The standard InChI is InChI=1S/C13H21N3O2/c1-3-10(4-2)16(7-8-17)13(18)11-5-6-15-9-12(11)14/h5-6,9-10,17H,3-4,7-8,14H2,1-2H3. The molecule has 0 saturated carbocycles. The lowest BCUT2D eigenvalue weighted by molar-refractivity contribution is 0.0623. The third kappa shape index (κ3) is 3.20. The van der Waals surface area contributed by atoms with Crippen LogP contribution < -0.4 is 5.73 Å². The van der Waals surface area contributed by atoms with E-state index in [1.54, 1.807) is 17.2 Å². The fraction of sp³-hybridized carbons (Fsp3) is 0.538. The van der Waals surface area contributed by atoms with E-state index in [0.29, 0.717) is 17.8 Å². The summed E-state index contributed by atoms with van der Waals surface area (Å²) >= 11 is 0. The summed E-state index contributed by atoms with van der Waals surface area (Å²) in [5.74, 6) is -0.141. The van der Waals surface area contributed by atoms with Crippen molar-refractivity contribution in [1.82, 2.24) is 9.88 Å². The third-order valence-corrected chi connectivity index (χ3v) is 3.07. The van der Waals surface area contributed by atoms with Gasteiger partial charge in [-0.1, -0.05) is 13.8 Å². The molecule has 0 aliphatic heterocycles. The second kappa shape index (κ2) is 6.96. The fourth-order valence-corrected chi connectivity index (χ4v) is 2.04. The maximum Gasteiger partial charge on any atom is 0.256 e. The maximum atomic E-state index is 12.4. The number of nitrogens with zero attached hydrogens (tertiary/aromatic N) is 2. The van der Waals surface area contributed by atoms with Gasteiger partial charge in [-0.15, -0.1) is 0 Å². The first-order valence-corrected chi connectivity index (χ1v) is 6.26. The zero-order valence-corrected chi connectivity index (χ0v) is 11.0. The first-order valence-electron chi connectivity index (χ1n) is 6.26. The average molecular weight is 251 g/mol. The van der Waals surface area contributed by atoms with E-state index in [9.17, 15) is 4.79 Å². The van der Waals surface area contributed by atoms with E-state index in [1.165, 1.54) is 6.20 Å². The highest BCUT2D eigenvalue weighted by Crippen LogP contribution is 2.16. The predicted molar refractivity (Wildman–Crippen MR) is 71.1 cm³/mol. The highest BCUT2D eigenvalue weighted by molar-refractivity contribution is 5.99. The third-order valence-electron chi connectivity index (χ3n) is 3.07. The van der Waals surface area contributed by atoms with Gasteiger partial charge in [-0.2, -0.15) is 0 Å². The number of pyridine rings is 1. The summed E-state index contributed by atoms with van der Waals surface area (Å²) < 4.78 is 0. The van der Waals surface area contributed by atoms with Crippen LogP contribution in [0.25, 0.3) is 0 Å². The number of carbonyl (C=O) groups excluding carboxylic acids is 1. The Hall–Kier alpha value is -1.62. The van der Waals surface area contributed by atoms with Gasteiger partial charge < -0.3 is 15.7 Å². The number of amides is 1. The van der Waals surface area contributed by atoms with Crippen LogP contribution in [0.3, 0.4) is 0 Å². The Kier molecular flexibility index (Phi) is 5.58. The summed E-state index contributed by atoms with van der Waals surface area (Å²) in [5, 5.41) is 9.10. The van der Waals surface area contributed by atoms with Gasteiger partial charge in [-0.05, 0) is 18.9 Å². The first kappa shape index (κ1) is 14.4. The lowest BCUT2D eigenvalue weighted by atomic mass is 10.1. The number of rotatable bonds is 6. The van der Waals surface area contributed by atoms with E-state index in [4.69, 9.17) is 10.8 Å². The average Bonchev–Trinajstić information content (AvgIpc) is 2.39. The first-order chi connectivity index (χ1) is 8.65. The minimum Gasteiger partial charge on any atom is -0.397 e. The lowest BCUT2D eigenvalue weighted by Crippen LogP contribution is -2.41. The second-order valence-corrected chi connectivity index (χ2v) is 4.16. The van der Waals surface area contributed by atoms with Gasteiger partial charge in [0.15, 0.2) is 0 Å². The number of carbonyl (C=O) groups is 1. The van der Waals surface area contributed by atoms with E-state index in [1.807, 2.05) is 13.8 Å². The zero-order chi connectivity index (χ0) is 13.5. The summed E-state index contributed by atoms with van der Waals surface area (Å²) in [4.78, 5) is 18.0. The largest absolute Gasteiger partial charge is 0.397 e. The number of aliphatic hydroxyl groups is 1. The minimum atomic E-state index is -0.141. The summed E-state index contributed by atoms with van der Waals surface area (Å²) in [6.45, 7) is 4.34. The van der Waals surface area contributed by atoms with Gasteiger partial charge in [-0.3, -0.25) is 9.78 Å². The normalized spacial score (nSPS) is 10.7. The van der Waals surface area contributed by atoms with Gasteiger partial charge >= 0.3 is 0 Å². The number of anilines is 1. The van der Waals surface area contributed by atoms with Crippen molar-refractivity contribution in [3.05, 3.63) is 24.0 Å². The monoisotopic (exact) mass is 251 g/mol. The van der Waals surface area contributed by atoms with E-state index in [0.717, 1.165) is 12.8 Å². The van der Waals surface area contributed by atoms with Crippen LogP contribution in [0.1, 0.15) is 37.0 Å². The molecule has 5 nitrogen and oxygen atoms in total. The zero-order valence-electron chi connectivity index (χ0n) is 11.0. The number of hydrogen-bond acceptors (Lipinski definition) is 4. The number of aromatic nitrogens is 1. The molecular weight excluding hydrogens is 230 g/mol. The molecule has 0 unspecified atom stereocenters. The van der Waals surface area contributed by atoms with Gasteiger partial charge in [0.25, 0.3) is 5.91 Å². The van der Waals surface area contributed by atoms with Crippen LogP contribution in [0.2, 0.25) is 0 Å².